The van der Waals surface area contributed by atoms with Gasteiger partial charge in [0.15, 0.2) is 0 Å². The molecule has 2 rings (SSSR count). The van der Waals surface area contributed by atoms with Gasteiger partial charge in [0.25, 0.3) is 0 Å². The van der Waals surface area contributed by atoms with Gasteiger partial charge in [0.05, 0.1) is 17.7 Å². The molecular weight excluding hydrogens is 192 g/mol. The van der Waals surface area contributed by atoms with Crippen LogP contribution in [0.4, 0.5) is 0 Å². The van der Waals surface area contributed by atoms with Gasteiger partial charge in [0.1, 0.15) is 18.0 Å². The van der Waals surface area contributed by atoms with Crippen LogP contribution in [-0.2, 0) is 0 Å². The first kappa shape index (κ1) is 9.97. The molecule has 3 N–H and O–H groups in total. The Kier molecular flexibility index (Phi) is 2.35. The normalized spacial score (nSPS) is 28.8. The van der Waals surface area contributed by atoms with Gasteiger partial charge in [-0.3, -0.25) is 0 Å². The molecule has 0 aromatic heterocycles. The van der Waals surface area contributed by atoms with Gasteiger partial charge in [-0.2, -0.15) is 5.26 Å². The second-order valence-corrected chi connectivity index (χ2v) is 3.70. The molecule has 0 amide bonds. The number of nitrogens with two attached hydrogens (primary N) is 1. The van der Waals surface area contributed by atoms with E-state index in [0.717, 1.165) is 0 Å². The van der Waals surface area contributed by atoms with E-state index in [0.29, 0.717) is 16.9 Å². The Morgan fingerprint density at radius 2 is 2.27 bits per heavy atom. The third-order valence-corrected chi connectivity index (χ3v) is 2.66. The van der Waals surface area contributed by atoms with Crippen molar-refractivity contribution in [3.8, 4) is 11.8 Å². The van der Waals surface area contributed by atoms with Crippen LogP contribution in [0.3, 0.4) is 0 Å². The molecule has 0 bridgehead atoms. The average molecular weight is 204 g/mol. The highest BCUT2D eigenvalue weighted by Crippen LogP contribution is 2.33. The fraction of sp³-hybridized carbons (Fsp3) is 0.364. The van der Waals surface area contributed by atoms with E-state index < -0.39 is 12.1 Å². The highest BCUT2D eigenvalue weighted by molar-refractivity contribution is 5.45. The zero-order valence-corrected chi connectivity index (χ0v) is 8.34. The van der Waals surface area contributed by atoms with Crippen LogP contribution in [0.5, 0.6) is 5.75 Å². The van der Waals surface area contributed by atoms with Gasteiger partial charge in [-0.25, -0.2) is 0 Å². The molecule has 0 saturated carbocycles. The van der Waals surface area contributed by atoms with Crippen molar-refractivity contribution in [3.05, 3.63) is 29.3 Å². The number of benzene rings is 1. The fourth-order valence-electron chi connectivity index (χ4n) is 1.73. The zero-order chi connectivity index (χ0) is 11.0. The van der Waals surface area contributed by atoms with Gasteiger partial charge in [-0.05, 0) is 25.1 Å². The molecule has 1 aromatic rings. The van der Waals surface area contributed by atoms with E-state index in [1.165, 1.54) is 0 Å². The standard InChI is InChI=1S/C11H12N2O2/c1-6-11(14)10(13)8-4-7(5-12)2-3-9(8)15-6/h2-4,6,10-11,14H,13H2,1H3. The zero-order valence-electron chi connectivity index (χ0n) is 8.34. The maximum absolute atomic E-state index is 9.72. The van der Waals surface area contributed by atoms with Gasteiger partial charge in [-0.15, -0.1) is 0 Å². The molecule has 0 aliphatic carbocycles. The molecule has 4 nitrogen and oxygen atoms in total. The molecule has 3 unspecified atom stereocenters. The summed E-state index contributed by atoms with van der Waals surface area (Å²) in [5.74, 6) is 0.652. The van der Waals surface area contributed by atoms with Crippen LogP contribution in [-0.4, -0.2) is 17.3 Å². The number of aliphatic hydroxyl groups is 1. The van der Waals surface area contributed by atoms with Crippen LogP contribution in [0.1, 0.15) is 24.1 Å². The van der Waals surface area contributed by atoms with E-state index in [4.69, 9.17) is 15.7 Å². The molecule has 15 heavy (non-hydrogen) atoms. The van der Waals surface area contributed by atoms with Crippen LogP contribution in [0, 0.1) is 11.3 Å². The van der Waals surface area contributed by atoms with Gasteiger partial charge >= 0.3 is 0 Å². The SMILES string of the molecule is CC1Oc2ccc(C#N)cc2C(N)C1O. The maximum atomic E-state index is 9.72. The summed E-state index contributed by atoms with van der Waals surface area (Å²) < 4.78 is 5.47. The van der Waals surface area contributed by atoms with Crippen molar-refractivity contribution < 1.29 is 9.84 Å². The summed E-state index contributed by atoms with van der Waals surface area (Å²) in [5, 5.41) is 18.5. The number of fused-ring (bicyclic) bond motifs is 1. The lowest BCUT2D eigenvalue weighted by Gasteiger charge is -2.32. The van der Waals surface area contributed by atoms with Gasteiger partial charge < -0.3 is 15.6 Å². The lowest BCUT2D eigenvalue weighted by molar-refractivity contribution is 0.0126. The molecule has 0 fully saturated rings. The smallest absolute Gasteiger partial charge is 0.124 e. The molecule has 0 radical (unpaired) electrons. The second kappa shape index (κ2) is 3.54. The number of nitriles is 1. The largest absolute Gasteiger partial charge is 0.488 e. The number of hydrogen-bond donors (Lipinski definition) is 2. The first-order valence-corrected chi connectivity index (χ1v) is 4.78. The predicted octanol–water partition coefficient (Wildman–Crippen LogP) is 0.700. The Labute approximate surface area is 87.9 Å². The summed E-state index contributed by atoms with van der Waals surface area (Å²) in [6.45, 7) is 1.77. The van der Waals surface area contributed by atoms with Crippen molar-refractivity contribution in [1.29, 1.82) is 5.26 Å². The Hall–Kier alpha value is -1.57. The molecule has 4 heteroatoms. The number of rotatable bonds is 0. The minimum absolute atomic E-state index is 0.319. The molecule has 0 spiro atoms. The fourth-order valence-corrected chi connectivity index (χ4v) is 1.73. The summed E-state index contributed by atoms with van der Waals surface area (Å²) >= 11 is 0. The van der Waals surface area contributed by atoms with Gasteiger partial charge in [-0.1, -0.05) is 0 Å². The van der Waals surface area contributed by atoms with Crippen molar-refractivity contribution in [1.82, 2.24) is 0 Å². The van der Waals surface area contributed by atoms with Crippen LogP contribution in [0.15, 0.2) is 18.2 Å². The van der Waals surface area contributed by atoms with Crippen molar-refractivity contribution in [3.63, 3.8) is 0 Å². The molecule has 78 valence electrons. The summed E-state index contributed by atoms with van der Waals surface area (Å²) in [6, 6.07) is 6.60. The number of nitrogens with zero attached hydrogens (tertiary/aromatic N) is 1. The van der Waals surface area contributed by atoms with Crippen LogP contribution in [0.25, 0.3) is 0 Å². The summed E-state index contributed by atoms with van der Waals surface area (Å²) in [6.07, 6.45) is -1.05. The molecule has 0 saturated heterocycles. The van der Waals surface area contributed by atoms with Gasteiger partial charge in [0, 0.05) is 5.56 Å². The number of aliphatic hydroxyl groups excluding tert-OH is 1. The summed E-state index contributed by atoms with van der Waals surface area (Å²) in [4.78, 5) is 0. The van der Waals surface area contributed by atoms with Crippen LogP contribution < -0.4 is 10.5 Å². The minimum atomic E-state index is -0.730. The van der Waals surface area contributed by atoms with Crippen LogP contribution in [0.2, 0.25) is 0 Å². The van der Waals surface area contributed by atoms with Crippen LogP contribution >= 0.6 is 0 Å². The molecule has 1 aliphatic rings. The van der Waals surface area contributed by atoms with E-state index in [1.54, 1.807) is 25.1 Å². The topological polar surface area (TPSA) is 79.3 Å². The Balaban J connectivity index is 2.48. The highest BCUT2D eigenvalue weighted by Gasteiger charge is 2.32. The summed E-state index contributed by atoms with van der Waals surface area (Å²) in [5.41, 5.74) is 7.08. The Bertz CT molecular complexity index is 425. The molecule has 1 aromatic carbocycles. The first-order valence-electron chi connectivity index (χ1n) is 4.78. The minimum Gasteiger partial charge on any atom is -0.488 e. The molecule has 3 atom stereocenters. The Morgan fingerprint density at radius 3 is 2.93 bits per heavy atom. The van der Waals surface area contributed by atoms with Gasteiger partial charge in [0.2, 0.25) is 0 Å². The van der Waals surface area contributed by atoms with E-state index in [1.807, 2.05) is 6.07 Å². The van der Waals surface area contributed by atoms with Crippen molar-refractivity contribution in [2.24, 2.45) is 5.73 Å². The monoisotopic (exact) mass is 204 g/mol. The molecular formula is C11H12N2O2. The number of hydrogen-bond acceptors (Lipinski definition) is 4. The Morgan fingerprint density at radius 1 is 1.53 bits per heavy atom. The van der Waals surface area contributed by atoms with Crippen molar-refractivity contribution in [2.45, 2.75) is 25.2 Å². The molecule has 1 aliphatic heterocycles. The highest BCUT2D eigenvalue weighted by atomic mass is 16.5. The molecule has 1 heterocycles. The van der Waals surface area contributed by atoms with E-state index in [9.17, 15) is 5.11 Å². The average Bonchev–Trinajstić information content (AvgIpc) is 2.26. The number of ether oxygens (including phenoxy) is 1. The lowest BCUT2D eigenvalue weighted by Crippen LogP contribution is -2.42. The van der Waals surface area contributed by atoms with E-state index >= 15 is 0 Å². The first-order chi connectivity index (χ1) is 7.13. The quantitative estimate of drug-likeness (QED) is 0.652. The van der Waals surface area contributed by atoms with Crippen molar-refractivity contribution in [2.75, 3.05) is 0 Å². The van der Waals surface area contributed by atoms with E-state index in [-0.39, 0.29) is 6.10 Å². The third kappa shape index (κ3) is 1.56. The second-order valence-electron chi connectivity index (χ2n) is 3.70. The van der Waals surface area contributed by atoms with E-state index in [2.05, 4.69) is 0 Å². The summed E-state index contributed by atoms with van der Waals surface area (Å²) in [7, 11) is 0. The third-order valence-electron chi connectivity index (χ3n) is 2.66. The van der Waals surface area contributed by atoms with Crippen molar-refractivity contribution >= 4 is 0 Å². The maximum Gasteiger partial charge on any atom is 0.124 e. The lowest BCUT2D eigenvalue weighted by atomic mass is 9.94. The predicted molar refractivity (Wildman–Crippen MR) is 54.2 cm³/mol.